The molecule has 0 aromatic carbocycles. The van der Waals surface area contributed by atoms with Gasteiger partial charge < -0.3 is 43.8 Å². The molecule has 0 saturated heterocycles. The summed E-state index contributed by atoms with van der Waals surface area (Å²) in [6.45, 7) is 12.6. The number of rotatable bonds is 31. The molecule has 0 bridgehead atoms. The van der Waals surface area contributed by atoms with E-state index >= 15 is 0 Å². The molecule has 0 fully saturated rings. The number of amides is 4. The van der Waals surface area contributed by atoms with E-state index in [0.29, 0.717) is 124 Å². The fraction of sp³-hybridized carbons (Fsp3) is 0.774. The zero-order valence-corrected chi connectivity index (χ0v) is 28.0. The van der Waals surface area contributed by atoms with E-state index in [4.69, 9.17) is 33.2 Å². The van der Waals surface area contributed by atoms with Crippen LogP contribution in [0.5, 0.6) is 0 Å². The number of nitrogens with one attached hydrogen (secondary N) is 2. The lowest BCUT2D eigenvalue weighted by molar-refractivity contribution is -0.137. The predicted molar refractivity (Wildman–Crippen MR) is 171 cm³/mol. The van der Waals surface area contributed by atoms with Crippen molar-refractivity contribution >= 4 is 17.8 Å². The summed E-state index contributed by atoms with van der Waals surface area (Å²) in [7, 11) is 0. The highest BCUT2D eigenvalue weighted by Gasteiger charge is 2.24. The monoisotopic (exact) mass is 670 g/mol. The topological polar surface area (TPSA) is 174 Å². The number of aromatic nitrogens is 3. The normalized spacial score (nSPS) is 13.0. The Bertz CT molecular complexity index is 991. The van der Waals surface area contributed by atoms with Crippen LogP contribution in [0.4, 0.5) is 4.79 Å². The number of carbonyl (C=O) groups excluding carboxylic acids is 3. The van der Waals surface area contributed by atoms with Crippen LogP contribution in [-0.2, 0) is 55.8 Å². The summed E-state index contributed by atoms with van der Waals surface area (Å²) in [4.78, 5) is 36.0. The van der Waals surface area contributed by atoms with Crippen LogP contribution in [-0.4, -0.2) is 143 Å². The molecule has 1 aliphatic rings. The van der Waals surface area contributed by atoms with Crippen LogP contribution in [0.1, 0.15) is 38.8 Å². The first-order valence-electron chi connectivity index (χ1n) is 16.4. The number of unbranched alkanes of at least 4 members (excludes halogenated alkanes) is 1. The first-order valence-corrected chi connectivity index (χ1v) is 16.4. The van der Waals surface area contributed by atoms with Gasteiger partial charge in [-0.15, -0.1) is 5.10 Å². The van der Waals surface area contributed by atoms with Crippen molar-refractivity contribution in [3.63, 3.8) is 0 Å². The lowest BCUT2D eigenvalue weighted by atomic mass is 10.1. The molecule has 0 atom stereocenters. The van der Waals surface area contributed by atoms with E-state index in [1.165, 1.54) is 18.6 Å². The van der Waals surface area contributed by atoms with Crippen LogP contribution < -0.4 is 10.6 Å². The van der Waals surface area contributed by atoms with Gasteiger partial charge in [-0.2, -0.15) is 0 Å². The van der Waals surface area contributed by atoms with Gasteiger partial charge in [-0.25, -0.2) is 9.48 Å². The molecule has 0 saturated carbocycles. The van der Waals surface area contributed by atoms with Gasteiger partial charge in [-0.05, 0) is 12.3 Å². The van der Waals surface area contributed by atoms with Gasteiger partial charge in [0.05, 0.1) is 112 Å². The number of hydrogen-bond donors (Lipinski definition) is 2. The maximum absolute atomic E-state index is 11.7. The van der Waals surface area contributed by atoms with Crippen LogP contribution in [0, 0.1) is 5.92 Å². The SMILES string of the molecule is CC(C)CCCCNC(=O)NCCOCCOCCOCCOCCOCCOCCOCCn1cc(CN2C(=O)C=CC2=O)nn1. The van der Waals surface area contributed by atoms with Gasteiger partial charge in [0.25, 0.3) is 11.8 Å². The lowest BCUT2D eigenvalue weighted by Gasteiger charge is -2.10. The van der Waals surface area contributed by atoms with Crippen molar-refractivity contribution in [3.05, 3.63) is 24.0 Å². The first kappa shape index (κ1) is 40.2. The maximum Gasteiger partial charge on any atom is 0.314 e. The summed E-state index contributed by atoms with van der Waals surface area (Å²) in [5, 5.41) is 13.6. The predicted octanol–water partition coefficient (Wildman–Crippen LogP) is 0.945. The van der Waals surface area contributed by atoms with Crippen LogP contribution in [0.15, 0.2) is 18.3 Å². The summed E-state index contributed by atoms with van der Waals surface area (Å²) < 4.78 is 39.9. The largest absolute Gasteiger partial charge is 0.377 e. The van der Waals surface area contributed by atoms with E-state index in [2.05, 4.69) is 34.8 Å². The van der Waals surface area contributed by atoms with E-state index in [9.17, 15) is 14.4 Å². The Morgan fingerprint density at radius 1 is 0.681 bits per heavy atom. The van der Waals surface area contributed by atoms with Crippen LogP contribution in [0.2, 0.25) is 0 Å². The summed E-state index contributed by atoms with van der Waals surface area (Å²) in [5.74, 6) is 0.00184. The minimum absolute atomic E-state index is 0.0964. The van der Waals surface area contributed by atoms with Gasteiger partial charge in [-0.3, -0.25) is 14.5 Å². The Morgan fingerprint density at radius 3 is 1.66 bits per heavy atom. The number of urea groups is 1. The van der Waals surface area contributed by atoms with Crippen molar-refractivity contribution in [3.8, 4) is 0 Å². The van der Waals surface area contributed by atoms with Crippen molar-refractivity contribution in [2.24, 2.45) is 5.92 Å². The molecule has 47 heavy (non-hydrogen) atoms. The second-order valence-electron chi connectivity index (χ2n) is 10.9. The molecule has 16 nitrogen and oxygen atoms in total. The Morgan fingerprint density at radius 2 is 1.15 bits per heavy atom. The lowest BCUT2D eigenvalue weighted by Crippen LogP contribution is -2.37. The van der Waals surface area contributed by atoms with Crippen LogP contribution in [0.3, 0.4) is 0 Å². The van der Waals surface area contributed by atoms with Gasteiger partial charge >= 0.3 is 6.03 Å². The van der Waals surface area contributed by atoms with Crippen molar-refractivity contribution in [2.75, 3.05) is 106 Å². The molecule has 2 rings (SSSR count). The molecule has 0 radical (unpaired) electrons. The first-order chi connectivity index (χ1) is 23.0. The Kier molecular flexibility index (Phi) is 23.1. The molecule has 2 N–H and O–H groups in total. The minimum Gasteiger partial charge on any atom is -0.377 e. The highest BCUT2D eigenvalue weighted by molar-refractivity contribution is 6.12. The van der Waals surface area contributed by atoms with E-state index in [-0.39, 0.29) is 24.4 Å². The standard InChI is InChI=1S/C31H54N6O10/c1-27(2)5-3-4-8-32-31(40)33-9-11-41-13-15-43-17-19-45-21-23-47-24-22-46-20-18-44-16-14-42-12-10-36-25-28(34-35-36)26-37-29(38)6-7-30(37)39/h6-7,25,27H,3-5,8-24,26H2,1-2H3,(H2,32,33,40). The molecule has 4 amide bonds. The van der Waals surface area contributed by atoms with Crippen molar-refractivity contribution in [2.45, 2.75) is 46.2 Å². The third-order valence-corrected chi connectivity index (χ3v) is 6.53. The van der Waals surface area contributed by atoms with Crippen molar-refractivity contribution in [1.82, 2.24) is 30.5 Å². The minimum atomic E-state index is -0.349. The van der Waals surface area contributed by atoms with Gasteiger partial charge in [0.1, 0.15) is 5.69 Å². The van der Waals surface area contributed by atoms with E-state index in [0.717, 1.165) is 17.7 Å². The smallest absolute Gasteiger partial charge is 0.314 e. The quantitative estimate of drug-likeness (QED) is 0.0847. The number of hydrogen-bond acceptors (Lipinski definition) is 12. The molecule has 1 aliphatic heterocycles. The highest BCUT2D eigenvalue weighted by atomic mass is 16.6. The summed E-state index contributed by atoms with van der Waals surface area (Å²) in [6, 6.07) is -0.157. The van der Waals surface area contributed by atoms with Crippen molar-refractivity contribution < 1.29 is 47.5 Å². The molecular formula is C31H54N6O10. The second kappa shape index (κ2) is 27.0. The molecule has 1 aromatic heterocycles. The zero-order valence-electron chi connectivity index (χ0n) is 28.0. The average Bonchev–Trinajstić information content (AvgIpc) is 3.64. The maximum atomic E-state index is 11.7. The van der Waals surface area contributed by atoms with Crippen LogP contribution in [0.25, 0.3) is 0 Å². The van der Waals surface area contributed by atoms with Gasteiger partial charge in [0.15, 0.2) is 0 Å². The van der Waals surface area contributed by atoms with Gasteiger partial charge in [0.2, 0.25) is 0 Å². The Labute approximate surface area is 277 Å². The van der Waals surface area contributed by atoms with E-state index in [1.807, 2.05) is 0 Å². The molecular weight excluding hydrogens is 616 g/mol. The van der Waals surface area contributed by atoms with E-state index in [1.54, 1.807) is 10.9 Å². The molecule has 16 heteroatoms. The highest BCUT2D eigenvalue weighted by Crippen LogP contribution is 2.08. The average molecular weight is 671 g/mol. The summed E-state index contributed by atoms with van der Waals surface area (Å²) in [5.41, 5.74) is 0.532. The number of nitrogens with zero attached hydrogens (tertiary/aromatic N) is 4. The molecule has 0 unspecified atom stereocenters. The molecule has 0 aliphatic carbocycles. The van der Waals surface area contributed by atoms with Gasteiger partial charge in [0, 0.05) is 25.2 Å². The third-order valence-electron chi connectivity index (χ3n) is 6.53. The molecule has 2 heterocycles. The fourth-order valence-electron chi connectivity index (χ4n) is 4.03. The molecule has 0 spiro atoms. The van der Waals surface area contributed by atoms with Gasteiger partial charge in [-0.1, -0.05) is 31.9 Å². The summed E-state index contributed by atoms with van der Waals surface area (Å²) >= 11 is 0. The third kappa shape index (κ3) is 21.5. The Hall–Kier alpha value is -2.99. The number of imide groups is 1. The summed E-state index contributed by atoms with van der Waals surface area (Å²) in [6.07, 6.45) is 7.48. The Balaban J connectivity index is 1.22. The zero-order chi connectivity index (χ0) is 33.8. The van der Waals surface area contributed by atoms with Crippen molar-refractivity contribution in [1.29, 1.82) is 0 Å². The fourth-order valence-corrected chi connectivity index (χ4v) is 4.03. The van der Waals surface area contributed by atoms with E-state index < -0.39 is 0 Å². The van der Waals surface area contributed by atoms with Crippen LogP contribution >= 0.6 is 0 Å². The molecule has 268 valence electrons. The second-order valence-corrected chi connectivity index (χ2v) is 10.9. The molecule has 1 aromatic rings. The number of ether oxygens (including phenoxy) is 7. The number of carbonyl (C=O) groups is 3.